The van der Waals surface area contributed by atoms with E-state index >= 15 is 0 Å². The summed E-state index contributed by atoms with van der Waals surface area (Å²) in [6, 6.07) is -0.781. The van der Waals surface area contributed by atoms with E-state index in [1.807, 2.05) is 6.92 Å². The van der Waals surface area contributed by atoms with Gasteiger partial charge in [0.2, 0.25) is 0 Å². The topological polar surface area (TPSA) is 87.5 Å². The Labute approximate surface area is 167 Å². The highest BCUT2D eigenvalue weighted by molar-refractivity contribution is 7.18. The van der Waals surface area contributed by atoms with E-state index in [9.17, 15) is 14.4 Å². The summed E-state index contributed by atoms with van der Waals surface area (Å²) in [6.45, 7) is 7.65. The van der Waals surface area contributed by atoms with Gasteiger partial charge in [-0.25, -0.2) is 9.78 Å². The lowest BCUT2D eigenvalue weighted by Gasteiger charge is -2.21. The second kappa shape index (κ2) is 8.43. The zero-order chi connectivity index (χ0) is 20.4. The van der Waals surface area contributed by atoms with Crippen LogP contribution in [0.15, 0.2) is 4.79 Å². The number of fused-ring (bicyclic) bond motifs is 3. The number of thiophene rings is 1. The van der Waals surface area contributed by atoms with Gasteiger partial charge in [0.1, 0.15) is 16.7 Å². The summed E-state index contributed by atoms with van der Waals surface area (Å²) in [5, 5.41) is 0.443. The molecule has 2 aromatic heterocycles. The van der Waals surface area contributed by atoms with Crippen molar-refractivity contribution in [3.63, 3.8) is 0 Å². The van der Waals surface area contributed by atoms with Gasteiger partial charge < -0.3 is 9.47 Å². The van der Waals surface area contributed by atoms with Crippen LogP contribution < -0.4 is 5.56 Å². The van der Waals surface area contributed by atoms with Crippen molar-refractivity contribution in [3.8, 4) is 0 Å². The SMILES string of the molecule is CCCOC(=O)C(C)n1c(C)nc2sc3c(c2c1=O)C(C(=O)OCC)CCC3. The van der Waals surface area contributed by atoms with E-state index in [4.69, 9.17) is 9.47 Å². The van der Waals surface area contributed by atoms with Crippen molar-refractivity contribution in [2.45, 2.75) is 65.3 Å². The Hall–Kier alpha value is -2.22. The number of rotatable bonds is 6. The minimum atomic E-state index is -0.781. The first kappa shape index (κ1) is 20.5. The fraction of sp³-hybridized carbons (Fsp3) is 0.600. The molecule has 0 amide bonds. The van der Waals surface area contributed by atoms with Gasteiger partial charge >= 0.3 is 11.9 Å². The number of ether oxygens (including phenoxy) is 2. The van der Waals surface area contributed by atoms with E-state index in [0.29, 0.717) is 42.1 Å². The molecule has 0 bridgehead atoms. The lowest BCUT2D eigenvalue weighted by atomic mass is 9.86. The molecule has 2 atom stereocenters. The molecule has 152 valence electrons. The predicted octanol–water partition coefficient (Wildman–Crippen LogP) is 3.26. The number of nitrogens with zero attached hydrogens (tertiary/aromatic N) is 2. The maximum Gasteiger partial charge on any atom is 0.329 e. The van der Waals surface area contributed by atoms with Gasteiger partial charge in [-0.1, -0.05) is 6.92 Å². The van der Waals surface area contributed by atoms with Crippen LogP contribution in [0.2, 0.25) is 0 Å². The lowest BCUT2D eigenvalue weighted by Crippen LogP contribution is -2.32. The number of hydrogen-bond acceptors (Lipinski definition) is 7. The Kier molecular flexibility index (Phi) is 6.17. The maximum absolute atomic E-state index is 13.4. The highest BCUT2D eigenvalue weighted by atomic mass is 32.1. The molecule has 0 spiro atoms. The Morgan fingerprint density at radius 3 is 2.75 bits per heavy atom. The Balaban J connectivity index is 2.14. The second-order valence-electron chi connectivity index (χ2n) is 6.99. The number of aromatic nitrogens is 2. The molecule has 1 aliphatic carbocycles. The highest BCUT2D eigenvalue weighted by Gasteiger charge is 2.34. The summed E-state index contributed by atoms with van der Waals surface area (Å²) in [4.78, 5) is 44.5. The monoisotopic (exact) mass is 406 g/mol. The largest absolute Gasteiger partial charge is 0.466 e. The van der Waals surface area contributed by atoms with Crippen molar-refractivity contribution in [2.24, 2.45) is 0 Å². The molecule has 7 nitrogen and oxygen atoms in total. The summed E-state index contributed by atoms with van der Waals surface area (Å²) in [7, 11) is 0. The first-order valence-electron chi connectivity index (χ1n) is 9.78. The molecule has 0 aliphatic heterocycles. The Morgan fingerprint density at radius 2 is 2.07 bits per heavy atom. The molecule has 28 heavy (non-hydrogen) atoms. The molecule has 2 heterocycles. The second-order valence-corrected chi connectivity index (χ2v) is 8.08. The van der Waals surface area contributed by atoms with Crippen molar-refractivity contribution in [3.05, 3.63) is 26.6 Å². The third kappa shape index (κ3) is 3.57. The summed E-state index contributed by atoms with van der Waals surface area (Å²) in [5.41, 5.74) is 0.447. The van der Waals surface area contributed by atoms with Crippen LogP contribution in [-0.4, -0.2) is 34.7 Å². The lowest BCUT2D eigenvalue weighted by molar-refractivity contribution is -0.147. The molecular formula is C20H26N2O5S. The zero-order valence-electron chi connectivity index (χ0n) is 16.7. The average Bonchev–Trinajstić information content (AvgIpc) is 3.04. The summed E-state index contributed by atoms with van der Waals surface area (Å²) < 4.78 is 11.8. The molecule has 0 radical (unpaired) electrons. The quantitative estimate of drug-likeness (QED) is 0.684. The van der Waals surface area contributed by atoms with Gasteiger partial charge in [0.05, 0.1) is 24.5 Å². The standard InChI is InChI=1S/C20H26N2O5S/c1-5-10-27-19(24)11(3)22-12(4)21-17-16(18(22)23)15-13(20(25)26-6-2)8-7-9-14(15)28-17/h11,13H,5-10H2,1-4H3. The molecule has 0 aromatic carbocycles. The summed E-state index contributed by atoms with van der Waals surface area (Å²) in [6.07, 6.45) is 3.05. The van der Waals surface area contributed by atoms with Crippen molar-refractivity contribution < 1.29 is 19.1 Å². The maximum atomic E-state index is 13.4. The van der Waals surface area contributed by atoms with E-state index in [1.54, 1.807) is 20.8 Å². The van der Waals surface area contributed by atoms with Gasteiger partial charge in [-0.2, -0.15) is 0 Å². The van der Waals surface area contributed by atoms with Crippen molar-refractivity contribution in [2.75, 3.05) is 13.2 Å². The number of aryl methyl sites for hydroxylation is 2. The Morgan fingerprint density at radius 1 is 1.32 bits per heavy atom. The van der Waals surface area contributed by atoms with Gasteiger partial charge in [0.25, 0.3) is 5.56 Å². The van der Waals surface area contributed by atoms with Gasteiger partial charge in [-0.15, -0.1) is 11.3 Å². The normalized spacial score (nSPS) is 17.2. The van der Waals surface area contributed by atoms with Crippen LogP contribution >= 0.6 is 11.3 Å². The smallest absolute Gasteiger partial charge is 0.329 e. The van der Waals surface area contributed by atoms with Gasteiger partial charge in [0, 0.05) is 4.88 Å². The third-order valence-corrected chi connectivity index (χ3v) is 6.20. The Bertz CT molecular complexity index is 962. The van der Waals surface area contributed by atoms with Gasteiger partial charge in [0.15, 0.2) is 0 Å². The molecule has 2 unspecified atom stereocenters. The van der Waals surface area contributed by atoms with Crippen LogP contribution in [0.5, 0.6) is 0 Å². The molecule has 3 rings (SSSR count). The van der Waals surface area contributed by atoms with Crippen molar-refractivity contribution >= 4 is 33.5 Å². The van der Waals surface area contributed by atoms with E-state index in [0.717, 1.165) is 23.3 Å². The number of esters is 2. The molecule has 0 saturated carbocycles. The number of hydrogen-bond donors (Lipinski definition) is 0. The molecular weight excluding hydrogens is 380 g/mol. The summed E-state index contributed by atoms with van der Waals surface area (Å²) >= 11 is 1.46. The first-order chi connectivity index (χ1) is 13.4. The van der Waals surface area contributed by atoms with Gasteiger partial charge in [-0.05, 0) is 52.0 Å². The minimum Gasteiger partial charge on any atom is -0.466 e. The third-order valence-electron chi connectivity index (χ3n) is 5.04. The molecule has 8 heteroatoms. The first-order valence-corrected chi connectivity index (χ1v) is 10.6. The van der Waals surface area contributed by atoms with Crippen LogP contribution in [0.1, 0.15) is 68.3 Å². The predicted molar refractivity (Wildman–Crippen MR) is 107 cm³/mol. The van der Waals surface area contributed by atoms with E-state index in [-0.39, 0.29) is 11.5 Å². The molecule has 0 saturated heterocycles. The zero-order valence-corrected chi connectivity index (χ0v) is 17.6. The molecule has 1 aliphatic rings. The van der Waals surface area contributed by atoms with Crippen molar-refractivity contribution in [1.82, 2.24) is 9.55 Å². The highest BCUT2D eigenvalue weighted by Crippen LogP contribution is 2.41. The summed E-state index contributed by atoms with van der Waals surface area (Å²) in [5.74, 6) is -0.750. The van der Waals surface area contributed by atoms with Crippen LogP contribution in [-0.2, 0) is 25.5 Å². The number of carbonyl (C=O) groups is 2. The molecule has 2 aromatic rings. The van der Waals surface area contributed by atoms with Crippen LogP contribution in [0.25, 0.3) is 10.2 Å². The van der Waals surface area contributed by atoms with Crippen molar-refractivity contribution in [1.29, 1.82) is 0 Å². The van der Waals surface area contributed by atoms with E-state index in [2.05, 4.69) is 4.98 Å². The fourth-order valence-electron chi connectivity index (χ4n) is 3.76. The molecule has 0 N–H and O–H groups in total. The number of carbonyl (C=O) groups excluding carboxylic acids is 2. The minimum absolute atomic E-state index is 0.294. The van der Waals surface area contributed by atoms with Crippen LogP contribution in [0, 0.1) is 6.92 Å². The van der Waals surface area contributed by atoms with Crippen LogP contribution in [0.4, 0.5) is 0 Å². The fourth-order valence-corrected chi connectivity index (χ4v) is 5.07. The van der Waals surface area contributed by atoms with Crippen LogP contribution in [0.3, 0.4) is 0 Å². The van der Waals surface area contributed by atoms with E-state index < -0.39 is 17.9 Å². The van der Waals surface area contributed by atoms with Gasteiger partial charge in [-0.3, -0.25) is 14.2 Å². The molecule has 0 fully saturated rings. The van der Waals surface area contributed by atoms with E-state index in [1.165, 1.54) is 15.9 Å². The average molecular weight is 407 g/mol.